The van der Waals surface area contributed by atoms with E-state index in [1.807, 2.05) is 18.2 Å². The van der Waals surface area contributed by atoms with Crippen LogP contribution in [0, 0.1) is 0 Å². The van der Waals surface area contributed by atoms with Crippen molar-refractivity contribution in [3.63, 3.8) is 0 Å². The van der Waals surface area contributed by atoms with E-state index in [0.717, 1.165) is 15.8 Å². The molecular formula is C12H7Cl2N3S. The van der Waals surface area contributed by atoms with Gasteiger partial charge in [-0.15, -0.1) is 11.3 Å². The van der Waals surface area contributed by atoms with Crippen LogP contribution in [0.25, 0.3) is 21.6 Å². The summed E-state index contributed by atoms with van der Waals surface area (Å²) in [7, 11) is 0. The zero-order chi connectivity index (χ0) is 12.7. The molecule has 0 aliphatic rings. The van der Waals surface area contributed by atoms with Gasteiger partial charge in [0.25, 0.3) is 0 Å². The Balaban J connectivity index is 2.24. The molecule has 18 heavy (non-hydrogen) atoms. The standard InChI is InChI=1S/C12H7Cl2N3S/c13-6-1-2-8-7(5-6)11(15)17-12(16-8)9-3-4-10(14)18-9/h1-5H,(H2,15,16,17). The Morgan fingerprint density at radius 2 is 1.89 bits per heavy atom. The van der Waals surface area contributed by atoms with Crippen LogP contribution in [0.4, 0.5) is 5.82 Å². The van der Waals surface area contributed by atoms with Crippen LogP contribution in [0.5, 0.6) is 0 Å². The zero-order valence-corrected chi connectivity index (χ0v) is 11.4. The Morgan fingerprint density at radius 1 is 1.06 bits per heavy atom. The van der Waals surface area contributed by atoms with Gasteiger partial charge in [-0.1, -0.05) is 23.2 Å². The van der Waals surface area contributed by atoms with E-state index in [9.17, 15) is 0 Å². The third-order valence-corrected chi connectivity index (χ3v) is 3.94. The molecule has 0 bridgehead atoms. The van der Waals surface area contributed by atoms with Crippen LogP contribution in [0.15, 0.2) is 30.3 Å². The SMILES string of the molecule is Nc1nc(-c2ccc(Cl)s2)nc2ccc(Cl)cc12. The highest BCUT2D eigenvalue weighted by Gasteiger charge is 2.09. The highest BCUT2D eigenvalue weighted by molar-refractivity contribution is 7.19. The highest BCUT2D eigenvalue weighted by atomic mass is 35.5. The lowest BCUT2D eigenvalue weighted by molar-refractivity contribution is 1.25. The number of thiophene rings is 1. The summed E-state index contributed by atoms with van der Waals surface area (Å²) in [4.78, 5) is 9.64. The Bertz CT molecular complexity index is 739. The van der Waals surface area contributed by atoms with Crippen LogP contribution in [0.2, 0.25) is 9.36 Å². The van der Waals surface area contributed by atoms with Crippen molar-refractivity contribution in [3.05, 3.63) is 39.7 Å². The lowest BCUT2D eigenvalue weighted by atomic mass is 10.2. The average Bonchev–Trinajstić information content (AvgIpc) is 2.77. The normalized spacial score (nSPS) is 11.0. The van der Waals surface area contributed by atoms with Crippen LogP contribution >= 0.6 is 34.5 Å². The summed E-state index contributed by atoms with van der Waals surface area (Å²) in [6.07, 6.45) is 0. The van der Waals surface area contributed by atoms with Crippen molar-refractivity contribution >= 4 is 51.3 Å². The molecule has 3 rings (SSSR count). The second-order valence-electron chi connectivity index (χ2n) is 3.70. The van der Waals surface area contributed by atoms with Crippen molar-refractivity contribution in [1.29, 1.82) is 0 Å². The van der Waals surface area contributed by atoms with Crippen molar-refractivity contribution in [2.75, 3.05) is 5.73 Å². The second kappa shape index (κ2) is 4.39. The molecule has 0 spiro atoms. The first kappa shape index (κ1) is 11.7. The van der Waals surface area contributed by atoms with E-state index in [1.165, 1.54) is 11.3 Å². The van der Waals surface area contributed by atoms with E-state index in [4.69, 9.17) is 28.9 Å². The Morgan fingerprint density at radius 3 is 2.61 bits per heavy atom. The maximum absolute atomic E-state index is 5.93. The predicted molar refractivity (Wildman–Crippen MR) is 77.3 cm³/mol. The van der Waals surface area contributed by atoms with Gasteiger partial charge in [-0.25, -0.2) is 9.97 Å². The molecular weight excluding hydrogens is 289 g/mol. The second-order valence-corrected chi connectivity index (χ2v) is 5.85. The minimum atomic E-state index is 0.419. The minimum absolute atomic E-state index is 0.419. The van der Waals surface area contributed by atoms with Crippen LogP contribution < -0.4 is 5.73 Å². The first-order valence-corrected chi connectivity index (χ1v) is 6.69. The minimum Gasteiger partial charge on any atom is -0.383 e. The first-order chi connectivity index (χ1) is 8.63. The summed E-state index contributed by atoms with van der Waals surface area (Å²) in [5.74, 6) is 1.00. The van der Waals surface area contributed by atoms with E-state index in [2.05, 4.69) is 9.97 Å². The summed E-state index contributed by atoms with van der Waals surface area (Å²) >= 11 is 13.2. The van der Waals surface area contributed by atoms with E-state index in [1.54, 1.807) is 12.1 Å². The number of nitrogen functional groups attached to an aromatic ring is 1. The first-order valence-electron chi connectivity index (χ1n) is 5.12. The van der Waals surface area contributed by atoms with Crippen molar-refractivity contribution in [1.82, 2.24) is 9.97 Å². The molecule has 6 heteroatoms. The summed E-state index contributed by atoms with van der Waals surface area (Å²) in [6.45, 7) is 0. The summed E-state index contributed by atoms with van der Waals surface area (Å²) in [5, 5.41) is 1.37. The summed E-state index contributed by atoms with van der Waals surface area (Å²) in [5.41, 5.74) is 6.70. The van der Waals surface area contributed by atoms with Gasteiger partial charge >= 0.3 is 0 Å². The number of anilines is 1. The van der Waals surface area contributed by atoms with Crippen molar-refractivity contribution in [2.45, 2.75) is 0 Å². The van der Waals surface area contributed by atoms with Gasteiger partial charge in [0.1, 0.15) is 5.82 Å². The van der Waals surface area contributed by atoms with Crippen molar-refractivity contribution < 1.29 is 0 Å². The third kappa shape index (κ3) is 2.03. The van der Waals surface area contributed by atoms with Crippen molar-refractivity contribution in [3.8, 4) is 10.7 Å². The van der Waals surface area contributed by atoms with E-state index in [-0.39, 0.29) is 0 Å². The van der Waals surface area contributed by atoms with Gasteiger partial charge in [-0.3, -0.25) is 0 Å². The molecule has 1 aromatic carbocycles. The Kier molecular flexibility index (Phi) is 2.86. The number of nitrogens with zero attached hydrogens (tertiary/aromatic N) is 2. The number of aromatic nitrogens is 2. The monoisotopic (exact) mass is 295 g/mol. The number of hydrogen-bond donors (Lipinski definition) is 1. The van der Waals surface area contributed by atoms with Crippen LogP contribution in [-0.2, 0) is 0 Å². The largest absolute Gasteiger partial charge is 0.383 e. The molecule has 2 N–H and O–H groups in total. The number of fused-ring (bicyclic) bond motifs is 1. The maximum atomic E-state index is 5.93. The predicted octanol–water partition coefficient (Wildman–Crippen LogP) is 4.25. The van der Waals surface area contributed by atoms with Gasteiger partial charge in [-0.2, -0.15) is 0 Å². The Hall–Kier alpha value is -1.36. The van der Waals surface area contributed by atoms with Gasteiger partial charge < -0.3 is 5.73 Å². The molecule has 0 aliphatic heterocycles. The molecule has 0 radical (unpaired) electrons. The molecule has 0 fully saturated rings. The molecule has 3 aromatic rings. The molecule has 0 saturated carbocycles. The van der Waals surface area contributed by atoms with Gasteiger partial charge in [0, 0.05) is 10.4 Å². The summed E-state index contributed by atoms with van der Waals surface area (Å²) < 4.78 is 0.698. The van der Waals surface area contributed by atoms with Crippen LogP contribution in [0.3, 0.4) is 0 Å². The Labute approximate surface area is 117 Å². The fourth-order valence-electron chi connectivity index (χ4n) is 1.67. The topological polar surface area (TPSA) is 51.8 Å². The van der Waals surface area contributed by atoms with Gasteiger partial charge in [0.05, 0.1) is 14.7 Å². The van der Waals surface area contributed by atoms with Gasteiger partial charge in [0.2, 0.25) is 0 Å². The molecule has 0 atom stereocenters. The van der Waals surface area contributed by atoms with Crippen LogP contribution in [-0.4, -0.2) is 9.97 Å². The molecule has 90 valence electrons. The smallest absolute Gasteiger partial charge is 0.172 e. The van der Waals surface area contributed by atoms with Gasteiger partial charge in [0.15, 0.2) is 5.82 Å². The number of nitrogens with two attached hydrogens (primary N) is 1. The molecule has 0 unspecified atom stereocenters. The van der Waals surface area contributed by atoms with Crippen molar-refractivity contribution in [2.24, 2.45) is 0 Å². The number of halogens is 2. The number of hydrogen-bond acceptors (Lipinski definition) is 4. The average molecular weight is 296 g/mol. The molecule has 0 saturated heterocycles. The molecule has 2 heterocycles. The fourth-order valence-corrected chi connectivity index (χ4v) is 2.82. The van der Waals surface area contributed by atoms with Gasteiger partial charge in [-0.05, 0) is 30.3 Å². The summed E-state index contributed by atoms with van der Waals surface area (Å²) in [6, 6.07) is 9.06. The number of benzene rings is 1. The molecule has 0 aliphatic carbocycles. The molecule has 3 nitrogen and oxygen atoms in total. The van der Waals surface area contributed by atoms with E-state index in [0.29, 0.717) is 21.0 Å². The molecule has 2 aromatic heterocycles. The van der Waals surface area contributed by atoms with E-state index >= 15 is 0 Å². The zero-order valence-electron chi connectivity index (χ0n) is 9.02. The quantitative estimate of drug-likeness (QED) is 0.730. The maximum Gasteiger partial charge on any atom is 0.172 e. The lowest BCUT2D eigenvalue weighted by Gasteiger charge is -2.04. The highest BCUT2D eigenvalue weighted by Crippen LogP contribution is 2.31. The number of rotatable bonds is 1. The van der Waals surface area contributed by atoms with Crippen LogP contribution in [0.1, 0.15) is 0 Å². The lowest BCUT2D eigenvalue weighted by Crippen LogP contribution is -1.96. The van der Waals surface area contributed by atoms with E-state index < -0.39 is 0 Å². The third-order valence-electron chi connectivity index (χ3n) is 2.48. The fraction of sp³-hybridized carbons (Fsp3) is 0. The molecule has 0 amide bonds.